The van der Waals surface area contributed by atoms with Crippen LogP contribution in [-0.2, 0) is 6.18 Å². The topological polar surface area (TPSA) is 36.7 Å². The minimum atomic E-state index is -4.43. The second-order valence-corrected chi connectivity index (χ2v) is 3.02. The van der Waals surface area contributed by atoms with Gasteiger partial charge in [-0.3, -0.25) is 0 Å². The van der Waals surface area contributed by atoms with Crippen LogP contribution in [0.1, 0.15) is 11.3 Å². The van der Waals surface area contributed by atoms with Crippen LogP contribution in [0.5, 0.6) is 0 Å². The fourth-order valence-electron chi connectivity index (χ4n) is 0.675. The predicted octanol–water partition coefficient (Wildman–Crippen LogP) is 2.73. The van der Waals surface area contributed by atoms with Crippen LogP contribution in [0, 0.1) is 11.3 Å². The summed E-state index contributed by atoms with van der Waals surface area (Å²) in [6.45, 7) is 0. The van der Waals surface area contributed by atoms with E-state index in [9.17, 15) is 13.2 Å². The average Bonchev–Trinajstić information content (AvgIpc) is 2.02. The summed E-state index contributed by atoms with van der Waals surface area (Å²) in [5.74, 6) is 0. The third-order valence-corrected chi connectivity index (χ3v) is 1.88. The summed E-state index contributed by atoms with van der Waals surface area (Å²) in [6, 6.07) is 2.47. The van der Waals surface area contributed by atoms with Crippen molar-refractivity contribution in [3.63, 3.8) is 0 Å². The van der Waals surface area contributed by atoms with E-state index in [0.717, 1.165) is 6.07 Å². The number of alkyl halides is 3. The van der Waals surface area contributed by atoms with Gasteiger partial charge in [0.05, 0.1) is 10.0 Å². The fraction of sp³-hybridized carbons (Fsp3) is 0.143. The summed E-state index contributed by atoms with van der Waals surface area (Å²) in [7, 11) is 0. The molecule has 0 fully saturated rings. The van der Waals surface area contributed by atoms with Gasteiger partial charge in [0.25, 0.3) is 0 Å². The highest BCUT2D eigenvalue weighted by Crippen LogP contribution is 2.30. The third kappa shape index (κ3) is 2.18. The SMILES string of the molecule is N#Cc1ncc(C(F)(F)F)cc1Br. The molecule has 0 aliphatic rings. The summed E-state index contributed by atoms with van der Waals surface area (Å²) in [4.78, 5) is 3.34. The minimum Gasteiger partial charge on any atom is -0.244 e. The van der Waals surface area contributed by atoms with Gasteiger partial charge in [0.1, 0.15) is 6.07 Å². The molecule has 2 nitrogen and oxygen atoms in total. The molecular weight excluding hydrogens is 249 g/mol. The number of nitriles is 1. The van der Waals surface area contributed by atoms with Crippen LogP contribution in [-0.4, -0.2) is 4.98 Å². The van der Waals surface area contributed by atoms with Crippen LogP contribution < -0.4 is 0 Å². The Hall–Kier alpha value is -1.09. The quantitative estimate of drug-likeness (QED) is 0.710. The standard InChI is InChI=1S/C7H2BrF3N2/c8-5-1-4(7(9,10)11)3-13-6(5)2-12/h1,3H. The zero-order chi connectivity index (χ0) is 10.1. The molecule has 1 aromatic rings. The lowest BCUT2D eigenvalue weighted by Gasteiger charge is -2.05. The summed E-state index contributed by atoms with van der Waals surface area (Å²) in [5.41, 5.74) is -0.939. The van der Waals surface area contributed by atoms with Gasteiger partial charge < -0.3 is 0 Å². The second-order valence-electron chi connectivity index (χ2n) is 2.16. The molecule has 1 heterocycles. The molecule has 1 rings (SSSR count). The van der Waals surface area contributed by atoms with E-state index in [-0.39, 0.29) is 10.2 Å². The van der Waals surface area contributed by atoms with E-state index < -0.39 is 11.7 Å². The van der Waals surface area contributed by atoms with Crippen LogP contribution in [0.25, 0.3) is 0 Å². The van der Waals surface area contributed by atoms with Crippen LogP contribution in [0.3, 0.4) is 0 Å². The molecule has 0 saturated heterocycles. The number of pyridine rings is 1. The van der Waals surface area contributed by atoms with Gasteiger partial charge in [-0.15, -0.1) is 0 Å². The maximum absolute atomic E-state index is 12.1. The van der Waals surface area contributed by atoms with Crippen molar-refractivity contribution in [2.75, 3.05) is 0 Å². The summed E-state index contributed by atoms with van der Waals surface area (Å²) >= 11 is 2.81. The highest BCUT2D eigenvalue weighted by atomic mass is 79.9. The van der Waals surface area contributed by atoms with Crippen molar-refractivity contribution >= 4 is 15.9 Å². The molecule has 0 atom stereocenters. The Morgan fingerprint density at radius 3 is 2.46 bits per heavy atom. The fourth-order valence-corrected chi connectivity index (χ4v) is 1.11. The summed E-state index contributed by atoms with van der Waals surface area (Å²) in [6.07, 6.45) is -3.80. The first-order chi connectivity index (χ1) is 5.95. The number of hydrogen-bond donors (Lipinski definition) is 0. The first-order valence-corrected chi connectivity index (χ1v) is 3.87. The van der Waals surface area contributed by atoms with E-state index in [1.165, 1.54) is 0 Å². The van der Waals surface area contributed by atoms with E-state index in [0.29, 0.717) is 6.20 Å². The molecule has 0 aliphatic carbocycles. The Kier molecular flexibility index (Phi) is 2.57. The average molecular weight is 251 g/mol. The summed E-state index contributed by atoms with van der Waals surface area (Å²) < 4.78 is 36.2. The molecule has 6 heteroatoms. The molecule has 0 aliphatic heterocycles. The maximum atomic E-state index is 12.1. The highest BCUT2D eigenvalue weighted by Gasteiger charge is 2.31. The van der Waals surface area contributed by atoms with E-state index in [4.69, 9.17) is 5.26 Å². The van der Waals surface area contributed by atoms with Gasteiger partial charge in [-0.2, -0.15) is 18.4 Å². The molecular formula is C7H2BrF3N2. The van der Waals surface area contributed by atoms with Crippen LogP contribution in [0.2, 0.25) is 0 Å². The van der Waals surface area contributed by atoms with Crippen molar-refractivity contribution < 1.29 is 13.2 Å². The minimum absolute atomic E-state index is 0.0461. The molecule has 1 aromatic heterocycles. The Morgan fingerprint density at radius 1 is 1.46 bits per heavy atom. The first kappa shape index (κ1) is 9.99. The Labute approximate surface area is 80.1 Å². The number of aromatic nitrogens is 1. The molecule has 68 valence electrons. The number of hydrogen-bond acceptors (Lipinski definition) is 2. The molecule has 0 N–H and O–H groups in total. The van der Waals surface area contributed by atoms with Crippen molar-refractivity contribution in [2.24, 2.45) is 0 Å². The van der Waals surface area contributed by atoms with Gasteiger partial charge in [-0.1, -0.05) is 0 Å². The first-order valence-electron chi connectivity index (χ1n) is 3.08. The molecule has 0 unspecified atom stereocenters. The largest absolute Gasteiger partial charge is 0.417 e. The van der Waals surface area contributed by atoms with Gasteiger partial charge in [0, 0.05) is 6.20 Å². The maximum Gasteiger partial charge on any atom is 0.417 e. The van der Waals surface area contributed by atoms with Crippen molar-refractivity contribution in [1.82, 2.24) is 4.98 Å². The van der Waals surface area contributed by atoms with Crippen LogP contribution in [0.15, 0.2) is 16.7 Å². The Morgan fingerprint density at radius 2 is 2.08 bits per heavy atom. The van der Waals surface area contributed by atoms with E-state index >= 15 is 0 Å². The van der Waals surface area contributed by atoms with E-state index in [1.54, 1.807) is 6.07 Å². The van der Waals surface area contributed by atoms with Crippen molar-refractivity contribution in [2.45, 2.75) is 6.18 Å². The highest BCUT2D eigenvalue weighted by molar-refractivity contribution is 9.10. The predicted molar refractivity (Wildman–Crippen MR) is 41.7 cm³/mol. The monoisotopic (exact) mass is 250 g/mol. The number of nitrogens with zero attached hydrogens (tertiary/aromatic N) is 2. The normalized spacial score (nSPS) is 11.0. The third-order valence-electron chi connectivity index (χ3n) is 1.27. The lowest BCUT2D eigenvalue weighted by atomic mass is 10.2. The molecule has 0 saturated carbocycles. The molecule has 13 heavy (non-hydrogen) atoms. The molecule has 0 radical (unpaired) electrons. The number of rotatable bonds is 0. The Balaban J connectivity index is 3.20. The smallest absolute Gasteiger partial charge is 0.244 e. The number of halogens is 4. The van der Waals surface area contributed by atoms with E-state index in [2.05, 4.69) is 20.9 Å². The molecule has 0 bridgehead atoms. The van der Waals surface area contributed by atoms with Crippen molar-refractivity contribution in [1.29, 1.82) is 5.26 Å². The second kappa shape index (κ2) is 3.34. The van der Waals surface area contributed by atoms with Gasteiger partial charge in [-0.25, -0.2) is 4.98 Å². The van der Waals surface area contributed by atoms with Crippen molar-refractivity contribution in [3.05, 3.63) is 28.0 Å². The van der Waals surface area contributed by atoms with Gasteiger partial charge in [-0.05, 0) is 22.0 Å². The lowest BCUT2D eigenvalue weighted by molar-refractivity contribution is -0.137. The Bertz CT molecular complexity index is 367. The van der Waals surface area contributed by atoms with E-state index in [1.807, 2.05) is 0 Å². The zero-order valence-electron chi connectivity index (χ0n) is 6.06. The van der Waals surface area contributed by atoms with Gasteiger partial charge >= 0.3 is 6.18 Å². The lowest BCUT2D eigenvalue weighted by Crippen LogP contribution is -2.05. The molecule has 0 aromatic carbocycles. The molecule has 0 amide bonds. The zero-order valence-corrected chi connectivity index (χ0v) is 7.65. The van der Waals surface area contributed by atoms with Gasteiger partial charge in [0.2, 0.25) is 0 Å². The van der Waals surface area contributed by atoms with Crippen molar-refractivity contribution in [3.8, 4) is 6.07 Å². The van der Waals surface area contributed by atoms with Gasteiger partial charge in [0.15, 0.2) is 5.69 Å². The summed E-state index contributed by atoms with van der Waals surface area (Å²) in [5, 5.41) is 8.39. The van der Waals surface area contributed by atoms with Crippen LogP contribution >= 0.6 is 15.9 Å². The van der Waals surface area contributed by atoms with Crippen LogP contribution in [0.4, 0.5) is 13.2 Å². The molecule has 0 spiro atoms.